The maximum atomic E-state index is 12.7. The fourth-order valence-corrected chi connectivity index (χ4v) is 3.54. The third kappa shape index (κ3) is 4.11. The molecule has 6 nitrogen and oxygen atoms in total. The summed E-state index contributed by atoms with van der Waals surface area (Å²) in [5.41, 5.74) is 7.19. The van der Waals surface area contributed by atoms with Crippen molar-refractivity contribution in [3.8, 4) is 11.5 Å². The standard InChI is InChI=1S/C18H23N3O3S/c1-12-20-15(11-25-12)10-24-16-4-3-14(7-17(16)23-2)18(22)21-6-5-13(8-19)9-21/h3-4,7,11,13H,5-6,8-10,19H2,1-2H3/t13-/m1/s1. The van der Waals surface area contributed by atoms with Crippen molar-refractivity contribution in [1.82, 2.24) is 9.88 Å². The summed E-state index contributed by atoms with van der Waals surface area (Å²) in [7, 11) is 1.57. The number of hydrogen-bond donors (Lipinski definition) is 1. The Balaban J connectivity index is 1.69. The third-order valence-electron chi connectivity index (χ3n) is 4.36. The van der Waals surface area contributed by atoms with E-state index in [0.29, 0.717) is 36.1 Å². The van der Waals surface area contributed by atoms with Gasteiger partial charge in [-0.25, -0.2) is 4.98 Å². The number of nitrogens with zero attached hydrogens (tertiary/aromatic N) is 2. The Hall–Kier alpha value is -2.12. The first-order chi connectivity index (χ1) is 12.1. The van der Waals surface area contributed by atoms with Gasteiger partial charge in [0.15, 0.2) is 11.5 Å². The number of hydrogen-bond acceptors (Lipinski definition) is 6. The van der Waals surface area contributed by atoms with Gasteiger partial charge in [0.1, 0.15) is 6.61 Å². The molecule has 0 unspecified atom stereocenters. The number of methoxy groups -OCH3 is 1. The summed E-state index contributed by atoms with van der Waals surface area (Å²) in [5.74, 6) is 1.56. The highest BCUT2D eigenvalue weighted by Gasteiger charge is 2.26. The molecule has 1 atom stereocenters. The van der Waals surface area contributed by atoms with Crippen LogP contribution in [-0.4, -0.2) is 42.5 Å². The number of carbonyl (C=O) groups is 1. The number of nitrogens with two attached hydrogens (primary N) is 1. The lowest BCUT2D eigenvalue weighted by Crippen LogP contribution is -2.29. The van der Waals surface area contributed by atoms with Crippen LogP contribution in [0.15, 0.2) is 23.6 Å². The van der Waals surface area contributed by atoms with E-state index in [1.54, 1.807) is 36.6 Å². The summed E-state index contributed by atoms with van der Waals surface area (Å²) in [5, 5.41) is 2.98. The van der Waals surface area contributed by atoms with Gasteiger partial charge >= 0.3 is 0 Å². The summed E-state index contributed by atoms with van der Waals surface area (Å²) in [6.45, 7) is 4.43. The zero-order valence-electron chi connectivity index (χ0n) is 14.5. The Kier molecular flexibility index (Phi) is 5.55. The molecular formula is C18H23N3O3S. The molecule has 1 saturated heterocycles. The van der Waals surface area contributed by atoms with Gasteiger partial charge in [-0.15, -0.1) is 11.3 Å². The van der Waals surface area contributed by atoms with Gasteiger partial charge < -0.3 is 20.1 Å². The van der Waals surface area contributed by atoms with Crippen molar-refractivity contribution in [2.45, 2.75) is 20.0 Å². The number of aryl methyl sites for hydroxylation is 1. The molecule has 2 aromatic rings. The van der Waals surface area contributed by atoms with Crippen LogP contribution in [0.1, 0.15) is 27.5 Å². The van der Waals surface area contributed by atoms with Crippen LogP contribution in [0.2, 0.25) is 0 Å². The van der Waals surface area contributed by atoms with Crippen molar-refractivity contribution in [2.24, 2.45) is 11.7 Å². The van der Waals surface area contributed by atoms with E-state index in [2.05, 4.69) is 4.98 Å². The van der Waals surface area contributed by atoms with Crippen LogP contribution in [0, 0.1) is 12.8 Å². The zero-order chi connectivity index (χ0) is 17.8. The lowest BCUT2D eigenvalue weighted by Gasteiger charge is -2.17. The summed E-state index contributed by atoms with van der Waals surface area (Å²) < 4.78 is 11.2. The van der Waals surface area contributed by atoms with Crippen molar-refractivity contribution >= 4 is 17.2 Å². The first-order valence-electron chi connectivity index (χ1n) is 8.32. The average molecular weight is 361 g/mol. The van der Waals surface area contributed by atoms with Crippen LogP contribution >= 0.6 is 11.3 Å². The Morgan fingerprint density at radius 1 is 1.44 bits per heavy atom. The molecule has 1 amide bonds. The van der Waals surface area contributed by atoms with E-state index in [9.17, 15) is 4.79 Å². The van der Waals surface area contributed by atoms with Crippen molar-refractivity contribution in [2.75, 3.05) is 26.7 Å². The maximum absolute atomic E-state index is 12.7. The number of likely N-dealkylation sites (tertiary alicyclic amines) is 1. The molecule has 0 bridgehead atoms. The average Bonchev–Trinajstić information content (AvgIpc) is 3.28. The number of thiazole rings is 1. The monoisotopic (exact) mass is 361 g/mol. The first kappa shape index (κ1) is 17.7. The minimum atomic E-state index is 0.0101. The molecule has 2 N–H and O–H groups in total. The lowest BCUT2D eigenvalue weighted by molar-refractivity contribution is 0.0787. The normalized spacial score (nSPS) is 16.9. The lowest BCUT2D eigenvalue weighted by atomic mass is 10.1. The van der Waals surface area contributed by atoms with E-state index < -0.39 is 0 Å². The van der Waals surface area contributed by atoms with E-state index in [4.69, 9.17) is 15.2 Å². The molecule has 1 aliphatic rings. The Labute approximate surface area is 151 Å². The van der Waals surface area contributed by atoms with E-state index in [1.165, 1.54) is 0 Å². The van der Waals surface area contributed by atoms with Crippen molar-refractivity contribution in [1.29, 1.82) is 0 Å². The third-order valence-corrected chi connectivity index (χ3v) is 5.18. The van der Waals surface area contributed by atoms with E-state index in [0.717, 1.165) is 30.2 Å². The maximum Gasteiger partial charge on any atom is 0.254 e. The topological polar surface area (TPSA) is 77.7 Å². The van der Waals surface area contributed by atoms with Gasteiger partial charge in [-0.05, 0) is 44.0 Å². The second kappa shape index (κ2) is 7.84. The number of aromatic nitrogens is 1. The van der Waals surface area contributed by atoms with Crippen molar-refractivity contribution in [3.05, 3.63) is 39.8 Å². The van der Waals surface area contributed by atoms with Crippen LogP contribution in [0.25, 0.3) is 0 Å². The van der Waals surface area contributed by atoms with Gasteiger partial charge in [-0.2, -0.15) is 0 Å². The predicted octanol–water partition coefficient (Wildman–Crippen LogP) is 2.46. The Morgan fingerprint density at radius 2 is 2.28 bits per heavy atom. The SMILES string of the molecule is COc1cc(C(=O)N2CC[C@H](CN)C2)ccc1OCc1csc(C)n1. The van der Waals surface area contributed by atoms with E-state index in [-0.39, 0.29) is 5.91 Å². The zero-order valence-corrected chi connectivity index (χ0v) is 15.3. The quantitative estimate of drug-likeness (QED) is 0.855. The molecule has 1 aliphatic heterocycles. The molecule has 1 fully saturated rings. The number of ether oxygens (including phenoxy) is 2. The van der Waals surface area contributed by atoms with Gasteiger partial charge in [0.2, 0.25) is 0 Å². The van der Waals surface area contributed by atoms with Crippen LogP contribution in [0.4, 0.5) is 0 Å². The molecular weight excluding hydrogens is 338 g/mol. The van der Waals surface area contributed by atoms with E-state index >= 15 is 0 Å². The molecule has 0 spiro atoms. The Morgan fingerprint density at radius 3 is 2.92 bits per heavy atom. The molecule has 134 valence electrons. The largest absolute Gasteiger partial charge is 0.493 e. The summed E-state index contributed by atoms with van der Waals surface area (Å²) in [6.07, 6.45) is 0.966. The van der Waals surface area contributed by atoms with Gasteiger partial charge in [-0.3, -0.25) is 4.79 Å². The fraction of sp³-hybridized carbons (Fsp3) is 0.444. The summed E-state index contributed by atoms with van der Waals surface area (Å²) in [6, 6.07) is 5.30. The number of benzene rings is 1. The van der Waals surface area contributed by atoms with Gasteiger partial charge in [-0.1, -0.05) is 0 Å². The van der Waals surface area contributed by atoms with Crippen molar-refractivity contribution < 1.29 is 14.3 Å². The highest BCUT2D eigenvalue weighted by Crippen LogP contribution is 2.30. The molecule has 0 aliphatic carbocycles. The number of rotatable bonds is 6. The minimum absolute atomic E-state index is 0.0101. The Bertz CT molecular complexity index is 747. The second-order valence-electron chi connectivity index (χ2n) is 6.15. The molecule has 3 rings (SSSR count). The van der Waals surface area contributed by atoms with Crippen LogP contribution in [0.3, 0.4) is 0 Å². The molecule has 1 aromatic carbocycles. The molecule has 25 heavy (non-hydrogen) atoms. The summed E-state index contributed by atoms with van der Waals surface area (Å²) >= 11 is 1.59. The molecule has 0 radical (unpaired) electrons. The van der Waals surface area contributed by atoms with Crippen LogP contribution in [0.5, 0.6) is 11.5 Å². The highest BCUT2D eigenvalue weighted by atomic mass is 32.1. The van der Waals surface area contributed by atoms with Gasteiger partial charge in [0.05, 0.1) is 17.8 Å². The molecule has 1 aromatic heterocycles. The molecule has 2 heterocycles. The van der Waals surface area contributed by atoms with Crippen LogP contribution < -0.4 is 15.2 Å². The molecule has 7 heteroatoms. The van der Waals surface area contributed by atoms with Gasteiger partial charge in [0, 0.05) is 24.0 Å². The predicted molar refractivity (Wildman–Crippen MR) is 97.2 cm³/mol. The van der Waals surface area contributed by atoms with Crippen molar-refractivity contribution in [3.63, 3.8) is 0 Å². The number of amides is 1. The van der Waals surface area contributed by atoms with Gasteiger partial charge in [0.25, 0.3) is 5.91 Å². The van der Waals surface area contributed by atoms with Crippen LogP contribution in [-0.2, 0) is 6.61 Å². The number of carbonyl (C=O) groups excluding carboxylic acids is 1. The second-order valence-corrected chi connectivity index (χ2v) is 7.22. The summed E-state index contributed by atoms with van der Waals surface area (Å²) in [4.78, 5) is 18.9. The highest BCUT2D eigenvalue weighted by molar-refractivity contribution is 7.09. The van der Waals surface area contributed by atoms with E-state index in [1.807, 2.05) is 17.2 Å². The first-order valence-corrected chi connectivity index (χ1v) is 9.20. The fourth-order valence-electron chi connectivity index (χ4n) is 2.94. The minimum Gasteiger partial charge on any atom is -0.493 e. The molecule has 0 saturated carbocycles. The smallest absolute Gasteiger partial charge is 0.254 e.